The number of allylic oxidation sites excluding steroid dienone is 1. The molecule has 0 unspecified atom stereocenters. The van der Waals surface area contributed by atoms with Crippen molar-refractivity contribution in [3.8, 4) is 22.3 Å². The molecule has 9 aromatic rings. The van der Waals surface area contributed by atoms with Gasteiger partial charge in [0.1, 0.15) is 11.2 Å². The van der Waals surface area contributed by atoms with Gasteiger partial charge >= 0.3 is 0 Å². The number of hydrogen-bond acceptors (Lipinski definition) is 4. The van der Waals surface area contributed by atoms with E-state index >= 15 is 0 Å². The molecule has 0 atom stereocenters. The van der Waals surface area contributed by atoms with E-state index < -0.39 is 0 Å². The van der Waals surface area contributed by atoms with E-state index in [1.807, 2.05) is 60.7 Å². The van der Waals surface area contributed by atoms with Gasteiger partial charge in [-0.3, -0.25) is 0 Å². The molecule has 2 heterocycles. The molecule has 0 fully saturated rings. The summed E-state index contributed by atoms with van der Waals surface area (Å²) in [6, 6.07) is 55.9. The minimum atomic E-state index is 0.717. The van der Waals surface area contributed by atoms with Crippen molar-refractivity contribution in [2.75, 3.05) is 0 Å². The Balaban J connectivity index is 0.000000180. The van der Waals surface area contributed by atoms with Gasteiger partial charge in [-0.05, 0) is 42.2 Å². The van der Waals surface area contributed by atoms with Gasteiger partial charge in [-0.1, -0.05) is 163 Å². The minimum absolute atomic E-state index is 0.717. The second-order valence-electron chi connectivity index (χ2n) is 12.4. The van der Waals surface area contributed by atoms with Crippen LogP contribution in [0.1, 0.15) is 16.7 Å². The highest BCUT2D eigenvalue weighted by Crippen LogP contribution is 2.43. The Kier molecular flexibility index (Phi) is 8.34. The van der Waals surface area contributed by atoms with Gasteiger partial charge in [-0.2, -0.15) is 5.11 Å². The van der Waals surface area contributed by atoms with Crippen LogP contribution in [0.25, 0.3) is 71.8 Å². The quantitative estimate of drug-likeness (QED) is 0.183. The SMILES string of the molecule is Cc1cccc(-c2cccc3c2oc2c3ccc3c4cccc(-c5ccccc5)c4oc32)c1.N=N/C(=C\Cc1ccccc1)c1ccccc1. The Bertz CT molecular complexity index is 2630. The highest BCUT2D eigenvalue weighted by molar-refractivity contribution is 6.21. The zero-order valence-electron chi connectivity index (χ0n) is 27.6. The van der Waals surface area contributed by atoms with Crippen molar-refractivity contribution < 1.29 is 8.83 Å². The lowest BCUT2D eigenvalue weighted by Gasteiger charge is -2.03. The van der Waals surface area contributed by atoms with E-state index in [1.165, 1.54) is 11.1 Å². The Morgan fingerprint density at radius 3 is 1.60 bits per heavy atom. The molecule has 0 saturated heterocycles. The summed E-state index contributed by atoms with van der Waals surface area (Å²) in [7, 11) is 0. The minimum Gasteiger partial charge on any atom is -0.451 e. The van der Waals surface area contributed by atoms with Gasteiger partial charge in [0.2, 0.25) is 0 Å². The first kappa shape index (κ1) is 30.8. The van der Waals surface area contributed by atoms with Crippen LogP contribution >= 0.6 is 0 Å². The molecular weight excluding hydrogens is 613 g/mol. The number of hydrogen-bond donors (Lipinski definition) is 1. The molecule has 240 valence electrons. The van der Waals surface area contributed by atoms with Crippen LogP contribution in [0.15, 0.2) is 184 Å². The van der Waals surface area contributed by atoms with Crippen LogP contribution in [-0.2, 0) is 6.42 Å². The fraction of sp³-hybridized carbons (Fsp3) is 0.0435. The normalized spacial score (nSPS) is 11.6. The lowest BCUT2D eigenvalue weighted by atomic mass is 10.0. The van der Waals surface area contributed by atoms with Crippen molar-refractivity contribution in [2.45, 2.75) is 13.3 Å². The van der Waals surface area contributed by atoms with Crippen LogP contribution in [0.2, 0.25) is 0 Å². The first-order valence-electron chi connectivity index (χ1n) is 16.8. The number of nitrogens with one attached hydrogen (secondary N) is 1. The maximum atomic E-state index is 7.22. The van der Waals surface area contributed by atoms with Gasteiger partial charge in [-0.25, -0.2) is 5.53 Å². The molecule has 0 aliphatic rings. The van der Waals surface area contributed by atoms with Crippen molar-refractivity contribution >= 4 is 49.6 Å². The van der Waals surface area contributed by atoms with Crippen LogP contribution in [0.5, 0.6) is 0 Å². The van der Waals surface area contributed by atoms with E-state index in [9.17, 15) is 0 Å². The fourth-order valence-corrected chi connectivity index (χ4v) is 6.66. The fourth-order valence-electron chi connectivity index (χ4n) is 6.66. The molecule has 0 spiro atoms. The smallest absolute Gasteiger partial charge is 0.178 e. The number of benzene rings is 7. The molecule has 4 nitrogen and oxygen atoms in total. The molecule has 0 amide bonds. The molecule has 0 saturated carbocycles. The van der Waals surface area contributed by atoms with Gasteiger partial charge in [0.15, 0.2) is 11.2 Å². The second kappa shape index (κ2) is 13.5. The number of rotatable bonds is 6. The molecule has 0 aliphatic heterocycles. The van der Waals surface area contributed by atoms with E-state index in [0.29, 0.717) is 0 Å². The first-order valence-corrected chi connectivity index (χ1v) is 16.8. The lowest BCUT2D eigenvalue weighted by molar-refractivity contribution is 0.634. The average molecular weight is 647 g/mol. The number of aryl methyl sites for hydroxylation is 1. The number of furan rings is 2. The molecule has 7 aromatic carbocycles. The monoisotopic (exact) mass is 646 g/mol. The van der Waals surface area contributed by atoms with Crippen molar-refractivity contribution in [1.82, 2.24) is 0 Å². The van der Waals surface area contributed by atoms with Crippen molar-refractivity contribution in [3.05, 3.63) is 187 Å². The molecule has 0 radical (unpaired) electrons. The summed E-state index contributed by atoms with van der Waals surface area (Å²) in [5.41, 5.74) is 19.3. The highest BCUT2D eigenvalue weighted by atomic mass is 16.4. The Labute approximate surface area is 290 Å². The third kappa shape index (κ3) is 5.88. The third-order valence-electron chi connectivity index (χ3n) is 9.11. The molecule has 4 heteroatoms. The molecular formula is C46H34N2O2. The largest absolute Gasteiger partial charge is 0.451 e. The maximum Gasteiger partial charge on any atom is 0.178 e. The summed E-state index contributed by atoms with van der Waals surface area (Å²) < 4.78 is 13.1. The lowest BCUT2D eigenvalue weighted by Crippen LogP contribution is -1.84. The van der Waals surface area contributed by atoms with Gasteiger partial charge in [0.05, 0.1) is 5.70 Å². The van der Waals surface area contributed by atoms with Crippen LogP contribution in [0, 0.1) is 12.5 Å². The zero-order valence-corrected chi connectivity index (χ0v) is 27.6. The maximum absolute atomic E-state index is 7.22. The van der Waals surface area contributed by atoms with Gasteiger partial charge in [-0.15, -0.1) is 0 Å². The van der Waals surface area contributed by atoms with Crippen LogP contribution in [-0.4, -0.2) is 0 Å². The molecule has 9 rings (SSSR count). The number of para-hydroxylation sites is 2. The Morgan fingerprint density at radius 1 is 0.520 bits per heavy atom. The van der Waals surface area contributed by atoms with Crippen LogP contribution in [0.4, 0.5) is 0 Å². The van der Waals surface area contributed by atoms with E-state index in [1.54, 1.807) is 0 Å². The van der Waals surface area contributed by atoms with Gasteiger partial charge in [0, 0.05) is 38.2 Å². The molecule has 0 aliphatic carbocycles. The van der Waals surface area contributed by atoms with E-state index in [4.69, 9.17) is 14.4 Å². The number of fused-ring (bicyclic) bond motifs is 7. The second-order valence-corrected chi connectivity index (χ2v) is 12.4. The van der Waals surface area contributed by atoms with E-state index in [0.717, 1.165) is 83.8 Å². The molecule has 50 heavy (non-hydrogen) atoms. The molecule has 2 aromatic heterocycles. The summed E-state index contributed by atoms with van der Waals surface area (Å²) in [6.45, 7) is 2.12. The standard InChI is InChI=1S/C31H20O2.C15H14N2/c1-19-8-5-11-21(18-19)23-13-7-15-25-27-17-16-26-24-14-6-12-22(20-9-3-2-4-10-20)28(24)32-30(26)31(27)33-29(23)25;16-17-15(14-9-5-2-6-10-14)12-11-13-7-3-1-4-8-13/h2-18H,1H3;1-10,12,16H,11H2/b;15-12-,17-16?. The predicted molar refractivity (Wildman–Crippen MR) is 206 cm³/mol. The van der Waals surface area contributed by atoms with Gasteiger partial charge < -0.3 is 8.83 Å². The summed E-state index contributed by atoms with van der Waals surface area (Å²) in [5, 5.41) is 7.95. The van der Waals surface area contributed by atoms with Crippen LogP contribution < -0.4 is 0 Å². The van der Waals surface area contributed by atoms with Crippen molar-refractivity contribution in [2.24, 2.45) is 5.11 Å². The van der Waals surface area contributed by atoms with E-state index in [2.05, 4.69) is 121 Å². The summed E-state index contributed by atoms with van der Waals surface area (Å²) in [6.07, 6.45) is 2.78. The predicted octanol–water partition coefficient (Wildman–Crippen LogP) is 13.4. The topological polar surface area (TPSA) is 62.5 Å². The zero-order chi connectivity index (χ0) is 33.9. The average Bonchev–Trinajstić information content (AvgIpc) is 3.76. The van der Waals surface area contributed by atoms with Crippen LogP contribution in [0.3, 0.4) is 0 Å². The summed E-state index contributed by atoms with van der Waals surface area (Å²) in [5.74, 6) is 0. The van der Waals surface area contributed by atoms with E-state index in [-0.39, 0.29) is 0 Å². The van der Waals surface area contributed by atoms with Crippen molar-refractivity contribution in [1.29, 1.82) is 5.53 Å². The third-order valence-corrected chi connectivity index (χ3v) is 9.11. The Hall–Kier alpha value is -6.52. The van der Waals surface area contributed by atoms with Gasteiger partial charge in [0.25, 0.3) is 0 Å². The molecule has 1 N–H and O–H groups in total. The number of nitrogens with zero attached hydrogens (tertiary/aromatic N) is 1. The molecule has 0 bridgehead atoms. The summed E-state index contributed by atoms with van der Waals surface area (Å²) >= 11 is 0. The summed E-state index contributed by atoms with van der Waals surface area (Å²) in [4.78, 5) is 0. The first-order chi connectivity index (χ1) is 24.7. The van der Waals surface area contributed by atoms with Crippen molar-refractivity contribution in [3.63, 3.8) is 0 Å². The highest BCUT2D eigenvalue weighted by Gasteiger charge is 2.19. The Morgan fingerprint density at radius 2 is 1.02 bits per heavy atom.